The maximum absolute atomic E-state index is 4.22. The van der Waals surface area contributed by atoms with E-state index in [4.69, 9.17) is 0 Å². The highest BCUT2D eigenvalue weighted by molar-refractivity contribution is 4.89. The van der Waals surface area contributed by atoms with Crippen molar-refractivity contribution in [1.29, 1.82) is 0 Å². The van der Waals surface area contributed by atoms with Crippen LogP contribution in [-0.2, 0) is 13.1 Å². The molecule has 0 aromatic carbocycles. The maximum atomic E-state index is 4.22. The molecule has 1 rings (SSSR count). The molecule has 0 atom stereocenters. The summed E-state index contributed by atoms with van der Waals surface area (Å²) in [6.07, 6.45) is 1.72. The minimum atomic E-state index is 0.711. The smallest absolute Gasteiger partial charge is 0.164 e. The topological polar surface area (TPSA) is 42.7 Å². The highest BCUT2D eigenvalue weighted by atomic mass is 15.3. The molecular weight excluding hydrogens is 152 g/mol. The summed E-state index contributed by atoms with van der Waals surface area (Å²) in [6, 6.07) is 0. The molecule has 0 saturated carbocycles. The molecule has 12 heavy (non-hydrogen) atoms. The molecule has 4 nitrogen and oxygen atoms in total. The first kappa shape index (κ1) is 8.93. The lowest BCUT2D eigenvalue weighted by molar-refractivity contribution is 0.653. The second-order valence-corrected chi connectivity index (χ2v) is 2.85. The van der Waals surface area contributed by atoms with Gasteiger partial charge in [0.25, 0.3) is 0 Å². The lowest BCUT2D eigenvalue weighted by Crippen LogP contribution is -2.07. The standard InChI is InChI=1S/C8H14N4/c1-7(2)5-12-6-10-8(11-12)4-9-3/h6,9H,1,4-5H2,2-3H3. The fourth-order valence-corrected chi connectivity index (χ4v) is 0.925. The van der Waals surface area contributed by atoms with E-state index >= 15 is 0 Å². The second-order valence-electron chi connectivity index (χ2n) is 2.85. The largest absolute Gasteiger partial charge is 0.313 e. The van der Waals surface area contributed by atoms with Crippen LogP contribution in [0.5, 0.6) is 0 Å². The summed E-state index contributed by atoms with van der Waals surface area (Å²) in [7, 11) is 1.87. The minimum Gasteiger partial charge on any atom is -0.313 e. The number of nitrogens with one attached hydrogen (secondary N) is 1. The van der Waals surface area contributed by atoms with Gasteiger partial charge in [0, 0.05) is 0 Å². The Morgan fingerprint density at radius 1 is 1.75 bits per heavy atom. The number of allylic oxidation sites excluding steroid dienone is 1. The number of aromatic nitrogens is 3. The third kappa shape index (κ3) is 2.47. The van der Waals surface area contributed by atoms with Crippen molar-refractivity contribution >= 4 is 0 Å². The van der Waals surface area contributed by atoms with Gasteiger partial charge in [-0.3, -0.25) is 0 Å². The summed E-state index contributed by atoms with van der Waals surface area (Å²) in [5, 5.41) is 7.21. The van der Waals surface area contributed by atoms with Crippen LogP contribution in [0.1, 0.15) is 12.7 Å². The summed E-state index contributed by atoms with van der Waals surface area (Å²) in [6.45, 7) is 7.23. The fourth-order valence-electron chi connectivity index (χ4n) is 0.925. The first-order valence-electron chi connectivity index (χ1n) is 3.89. The average Bonchev–Trinajstić information content (AvgIpc) is 2.36. The Kier molecular flexibility index (Phi) is 2.99. The molecule has 1 aromatic heterocycles. The fraction of sp³-hybridized carbons (Fsp3) is 0.500. The van der Waals surface area contributed by atoms with Crippen molar-refractivity contribution in [3.05, 3.63) is 24.3 Å². The van der Waals surface area contributed by atoms with Crippen molar-refractivity contribution in [3.8, 4) is 0 Å². The van der Waals surface area contributed by atoms with Crippen LogP contribution < -0.4 is 5.32 Å². The molecular formula is C8H14N4. The molecule has 0 radical (unpaired) electrons. The summed E-state index contributed by atoms with van der Waals surface area (Å²) >= 11 is 0. The monoisotopic (exact) mass is 166 g/mol. The summed E-state index contributed by atoms with van der Waals surface area (Å²) in [5.41, 5.74) is 1.08. The van der Waals surface area contributed by atoms with Crippen LogP contribution in [0.2, 0.25) is 0 Å². The molecule has 1 aromatic rings. The van der Waals surface area contributed by atoms with E-state index in [0.29, 0.717) is 6.54 Å². The van der Waals surface area contributed by atoms with Crippen LogP contribution >= 0.6 is 0 Å². The number of hydrogen-bond acceptors (Lipinski definition) is 3. The SMILES string of the molecule is C=C(C)Cn1cnc(CNC)n1. The van der Waals surface area contributed by atoms with Gasteiger partial charge in [-0.05, 0) is 14.0 Å². The van der Waals surface area contributed by atoms with Crippen molar-refractivity contribution in [2.75, 3.05) is 7.05 Å². The highest BCUT2D eigenvalue weighted by Crippen LogP contribution is 1.94. The number of rotatable bonds is 4. The van der Waals surface area contributed by atoms with Crippen LogP contribution in [-0.4, -0.2) is 21.8 Å². The van der Waals surface area contributed by atoms with Gasteiger partial charge in [-0.2, -0.15) is 5.10 Å². The Balaban J connectivity index is 2.58. The van der Waals surface area contributed by atoms with E-state index < -0.39 is 0 Å². The summed E-state index contributed by atoms with van der Waals surface area (Å²) < 4.78 is 1.79. The van der Waals surface area contributed by atoms with Gasteiger partial charge >= 0.3 is 0 Å². The van der Waals surface area contributed by atoms with Crippen molar-refractivity contribution < 1.29 is 0 Å². The Hall–Kier alpha value is -1.16. The van der Waals surface area contributed by atoms with Gasteiger partial charge in [-0.1, -0.05) is 12.2 Å². The van der Waals surface area contributed by atoms with Crippen LogP contribution in [0.3, 0.4) is 0 Å². The molecule has 0 spiro atoms. The predicted octanol–water partition coefficient (Wildman–Crippen LogP) is 0.574. The van der Waals surface area contributed by atoms with E-state index in [0.717, 1.165) is 17.9 Å². The van der Waals surface area contributed by atoms with E-state index in [1.807, 2.05) is 14.0 Å². The molecule has 0 bridgehead atoms. The minimum absolute atomic E-state index is 0.711. The van der Waals surface area contributed by atoms with Crippen molar-refractivity contribution in [2.24, 2.45) is 0 Å². The van der Waals surface area contributed by atoms with Gasteiger partial charge in [-0.25, -0.2) is 9.67 Å². The van der Waals surface area contributed by atoms with Crippen molar-refractivity contribution in [1.82, 2.24) is 20.1 Å². The average molecular weight is 166 g/mol. The molecule has 66 valence electrons. The van der Waals surface area contributed by atoms with E-state index in [-0.39, 0.29) is 0 Å². The van der Waals surface area contributed by atoms with Crippen molar-refractivity contribution in [2.45, 2.75) is 20.0 Å². The first-order chi connectivity index (χ1) is 5.72. The lowest BCUT2D eigenvalue weighted by Gasteiger charge is -1.97. The normalized spacial score (nSPS) is 10.2. The molecule has 1 heterocycles. The number of nitrogens with zero attached hydrogens (tertiary/aromatic N) is 3. The van der Waals surface area contributed by atoms with Gasteiger partial charge < -0.3 is 5.32 Å². The molecule has 0 fully saturated rings. The van der Waals surface area contributed by atoms with Crippen molar-refractivity contribution in [3.63, 3.8) is 0 Å². The molecule has 0 unspecified atom stereocenters. The molecule has 0 amide bonds. The van der Waals surface area contributed by atoms with Gasteiger partial charge in [0.15, 0.2) is 5.82 Å². The van der Waals surface area contributed by atoms with Crippen LogP contribution in [0.15, 0.2) is 18.5 Å². The Morgan fingerprint density at radius 3 is 3.08 bits per heavy atom. The van der Waals surface area contributed by atoms with E-state index in [2.05, 4.69) is 22.0 Å². The molecule has 0 aliphatic rings. The Labute approximate surface area is 72.3 Å². The van der Waals surface area contributed by atoms with Gasteiger partial charge in [0.05, 0.1) is 13.1 Å². The quantitative estimate of drug-likeness (QED) is 0.665. The lowest BCUT2D eigenvalue weighted by atomic mass is 10.4. The number of hydrogen-bond donors (Lipinski definition) is 1. The highest BCUT2D eigenvalue weighted by Gasteiger charge is 1.98. The Bertz CT molecular complexity index is 264. The molecule has 0 aliphatic heterocycles. The second kappa shape index (κ2) is 4.01. The van der Waals surface area contributed by atoms with E-state index in [1.165, 1.54) is 0 Å². The maximum Gasteiger partial charge on any atom is 0.164 e. The van der Waals surface area contributed by atoms with Gasteiger partial charge in [0.2, 0.25) is 0 Å². The predicted molar refractivity (Wildman–Crippen MR) is 47.6 cm³/mol. The van der Waals surface area contributed by atoms with E-state index in [1.54, 1.807) is 11.0 Å². The van der Waals surface area contributed by atoms with Gasteiger partial charge in [-0.15, -0.1) is 0 Å². The molecule has 0 aliphatic carbocycles. The third-order valence-corrected chi connectivity index (χ3v) is 1.35. The van der Waals surface area contributed by atoms with E-state index in [9.17, 15) is 0 Å². The van der Waals surface area contributed by atoms with Crippen LogP contribution in [0.4, 0.5) is 0 Å². The third-order valence-electron chi connectivity index (χ3n) is 1.35. The molecule has 4 heteroatoms. The van der Waals surface area contributed by atoms with Gasteiger partial charge in [0.1, 0.15) is 6.33 Å². The Morgan fingerprint density at radius 2 is 2.50 bits per heavy atom. The zero-order chi connectivity index (χ0) is 8.97. The summed E-state index contributed by atoms with van der Waals surface area (Å²) in [5.74, 6) is 0.818. The zero-order valence-corrected chi connectivity index (χ0v) is 7.54. The molecule has 1 N–H and O–H groups in total. The zero-order valence-electron chi connectivity index (χ0n) is 7.54. The first-order valence-corrected chi connectivity index (χ1v) is 3.89. The summed E-state index contributed by atoms with van der Waals surface area (Å²) in [4.78, 5) is 4.11. The van der Waals surface area contributed by atoms with Crippen LogP contribution in [0, 0.1) is 0 Å². The van der Waals surface area contributed by atoms with Crippen LogP contribution in [0.25, 0.3) is 0 Å². The molecule has 0 saturated heterocycles.